The van der Waals surface area contributed by atoms with Crippen LogP contribution < -0.4 is 20.3 Å². The van der Waals surface area contributed by atoms with E-state index < -0.39 is 0 Å². The Bertz CT molecular complexity index is 773. The lowest BCUT2D eigenvalue weighted by atomic mass is 10.1. The van der Waals surface area contributed by atoms with Gasteiger partial charge in [0.25, 0.3) is 0 Å². The molecule has 6 heteroatoms. The topological polar surface area (TPSA) is 62.8 Å². The second-order valence-corrected chi connectivity index (χ2v) is 6.99. The minimum atomic E-state index is -0.348. The third-order valence-corrected chi connectivity index (χ3v) is 5.01. The molecule has 0 spiro atoms. The van der Waals surface area contributed by atoms with Crippen molar-refractivity contribution in [3.05, 3.63) is 54.1 Å². The van der Waals surface area contributed by atoms with Crippen LogP contribution in [0.15, 0.2) is 48.5 Å². The zero-order valence-electron chi connectivity index (χ0n) is 16.8. The van der Waals surface area contributed by atoms with Crippen LogP contribution in [0.4, 0.5) is 11.4 Å². The summed E-state index contributed by atoms with van der Waals surface area (Å²) in [6.07, 6.45) is 0. The van der Waals surface area contributed by atoms with Crippen LogP contribution in [0.1, 0.15) is 25.5 Å². The van der Waals surface area contributed by atoms with Crippen molar-refractivity contribution in [2.75, 3.05) is 43.6 Å². The second-order valence-electron chi connectivity index (χ2n) is 6.99. The molecule has 0 saturated carbocycles. The molecule has 0 aromatic heterocycles. The monoisotopic (exact) mass is 383 g/mol. The Hall–Kier alpha value is -2.57. The predicted octanol–water partition coefficient (Wildman–Crippen LogP) is 3.21. The minimum absolute atomic E-state index is 0.0133. The van der Waals surface area contributed by atoms with E-state index in [9.17, 15) is 4.79 Å². The summed E-state index contributed by atoms with van der Waals surface area (Å²) in [6.45, 7) is 7.20. The van der Waals surface area contributed by atoms with Gasteiger partial charge in [-0.1, -0.05) is 18.2 Å². The SMILES string of the molecule is COc1ccccc1[C@@H](C)N[C@@H](C)C(=O)Nc1ccc(N2CCOCC2)cc1. The zero-order chi connectivity index (χ0) is 19.9. The van der Waals surface area contributed by atoms with Crippen molar-refractivity contribution in [1.29, 1.82) is 0 Å². The summed E-state index contributed by atoms with van der Waals surface area (Å²) in [6, 6.07) is 15.4. The number of ether oxygens (including phenoxy) is 2. The molecule has 150 valence electrons. The summed E-state index contributed by atoms with van der Waals surface area (Å²) in [7, 11) is 1.66. The van der Waals surface area contributed by atoms with Crippen LogP contribution in [0.25, 0.3) is 0 Å². The molecule has 2 aromatic carbocycles. The van der Waals surface area contributed by atoms with Crippen molar-refractivity contribution in [3.63, 3.8) is 0 Å². The second kappa shape index (κ2) is 9.57. The van der Waals surface area contributed by atoms with Gasteiger partial charge >= 0.3 is 0 Å². The third-order valence-electron chi connectivity index (χ3n) is 5.01. The summed E-state index contributed by atoms with van der Waals surface area (Å²) in [4.78, 5) is 14.9. The number of anilines is 2. The number of nitrogens with one attached hydrogen (secondary N) is 2. The molecular formula is C22H29N3O3. The molecule has 3 rings (SSSR count). The van der Waals surface area contributed by atoms with Crippen LogP contribution in [0.5, 0.6) is 5.75 Å². The Labute approximate surface area is 166 Å². The van der Waals surface area contributed by atoms with Crippen molar-refractivity contribution in [2.45, 2.75) is 25.9 Å². The summed E-state index contributed by atoms with van der Waals surface area (Å²) in [5, 5.41) is 6.32. The zero-order valence-corrected chi connectivity index (χ0v) is 16.8. The maximum absolute atomic E-state index is 12.6. The lowest BCUT2D eigenvalue weighted by molar-refractivity contribution is -0.117. The number of carbonyl (C=O) groups is 1. The van der Waals surface area contributed by atoms with E-state index in [4.69, 9.17) is 9.47 Å². The number of para-hydroxylation sites is 1. The van der Waals surface area contributed by atoms with Crippen LogP contribution in [-0.4, -0.2) is 45.4 Å². The predicted molar refractivity (Wildman–Crippen MR) is 112 cm³/mol. The number of benzene rings is 2. The highest BCUT2D eigenvalue weighted by Crippen LogP contribution is 2.25. The van der Waals surface area contributed by atoms with Gasteiger partial charge in [0.1, 0.15) is 5.75 Å². The number of hydrogen-bond acceptors (Lipinski definition) is 5. The fraction of sp³-hybridized carbons (Fsp3) is 0.409. The van der Waals surface area contributed by atoms with Gasteiger partial charge in [0.2, 0.25) is 5.91 Å². The molecule has 0 bridgehead atoms. The lowest BCUT2D eigenvalue weighted by Crippen LogP contribution is -2.39. The molecule has 0 radical (unpaired) electrons. The quantitative estimate of drug-likeness (QED) is 0.769. The van der Waals surface area contributed by atoms with E-state index in [1.165, 1.54) is 0 Å². The maximum atomic E-state index is 12.6. The van der Waals surface area contributed by atoms with Gasteiger partial charge in [0.05, 0.1) is 26.4 Å². The van der Waals surface area contributed by atoms with E-state index in [2.05, 4.69) is 15.5 Å². The molecule has 1 amide bonds. The highest BCUT2D eigenvalue weighted by atomic mass is 16.5. The van der Waals surface area contributed by atoms with Crippen molar-refractivity contribution in [1.82, 2.24) is 5.32 Å². The average molecular weight is 383 g/mol. The molecule has 1 aliphatic heterocycles. The number of morpholine rings is 1. The fourth-order valence-electron chi connectivity index (χ4n) is 3.39. The highest BCUT2D eigenvalue weighted by molar-refractivity contribution is 5.94. The number of rotatable bonds is 7. The summed E-state index contributed by atoms with van der Waals surface area (Å²) in [5.41, 5.74) is 2.97. The van der Waals surface area contributed by atoms with Crippen LogP contribution >= 0.6 is 0 Å². The Morgan fingerprint density at radius 1 is 1.07 bits per heavy atom. The van der Waals surface area contributed by atoms with Gasteiger partial charge in [0, 0.05) is 36.1 Å². The van der Waals surface area contributed by atoms with Crippen molar-refractivity contribution in [2.24, 2.45) is 0 Å². The van der Waals surface area contributed by atoms with E-state index in [0.717, 1.165) is 49.0 Å². The normalized spacial score (nSPS) is 16.3. The van der Waals surface area contributed by atoms with Gasteiger partial charge in [-0.05, 0) is 44.2 Å². The van der Waals surface area contributed by atoms with Crippen LogP contribution in [0, 0.1) is 0 Å². The Kier molecular flexibility index (Phi) is 6.90. The fourth-order valence-corrected chi connectivity index (χ4v) is 3.39. The largest absolute Gasteiger partial charge is 0.496 e. The Morgan fingerprint density at radius 3 is 2.43 bits per heavy atom. The summed E-state index contributed by atoms with van der Waals surface area (Å²) in [5.74, 6) is 0.745. The highest BCUT2D eigenvalue weighted by Gasteiger charge is 2.19. The first kappa shape index (κ1) is 20.2. The standard InChI is InChI=1S/C22H29N3O3/c1-16(20-6-4-5-7-21(20)27-3)23-17(2)22(26)24-18-8-10-19(11-9-18)25-12-14-28-15-13-25/h4-11,16-17,23H,12-15H2,1-3H3,(H,24,26)/t16-,17+/m1/s1. The summed E-state index contributed by atoms with van der Waals surface area (Å²) < 4.78 is 10.8. The van der Waals surface area contributed by atoms with Crippen LogP contribution in [0.3, 0.4) is 0 Å². The number of nitrogens with zero attached hydrogens (tertiary/aromatic N) is 1. The number of methoxy groups -OCH3 is 1. The number of amides is 1. The van der Waals surface area contributed by atoms with Crippen molar-refractivity contribution in [3.8, 4) is 5.75 Å². The van der Waals surface area contributed by atoms with Crippen molar-refractivity contribution < 1.29 is 14.3 Å². The molecule has 0 aliphatic carbocycles. The molecule has 1 fully saturated rings. The molecule has 2 atom stereocenters. The molecule has 28 heavy (non-hydrogen) atoms. The van der Waals surface area contributed by atoms with E-state index in [1.54, 1.807) is 7.11 Å². The van der Waals surface area contributed by atoms with E-state index in [1.807, 2.05) is 62.4 Å². The van der Waals surface area contributed by atoms with Gasteiger partial charge in [-0.25, -0.2) is 0 Å². The maximum Gasteiger partial charge on any atom is 0.241 e. The number of carbonyl (C=O) groups excluding carboxylic acids is 1. The number of hydrogen-bond donors (Lipinski definition) is 2. The first-order valence-corrected chi connectivity index (χ1v) is 9.71. The molecule has 1 heterocycles. The van der Waals surface area contributed by atoms with E-state index >= 15 is 0 Å². The molecule has 1 saturated heterocycles. The van der Waals surface area contributed by atoms with Gasteiger partial charge in [-0.2, -0.15) is 0 Å². The lowest BCUT2D eigenvalue weighted by Gasteiger charge is -2.29. The third kappa shape index (κ3) is 5.03. The van der Waals surface area contributed by atoms with E-state index in [0.29, 0.717) is 0 Å². The molecule has 2 aromatic rings. The van der Waals surface area contributed by atoms with Crippen LogP contribution in [0.2, 0.25) is 0 Å². The first-order valence-electron chi connectivity index (χ1n) is 9.71. The molecule has 0 unspecified atom stereocenters. The first-order chi connectivity index (χ1) is 13.6. The van der Waals surface area contributed by atoms with Crippen LogP contribution in [-0.2, 0) is 9.53 Å². The average Bonchev–Trinajstić information content (AvgIpc) is 2.74. The molecule has 6 nitrogen and oxygen atoms in total. The van der Waals surface area contributed by atoms with Gasteiger partial charge < -0.3 is 19.7 Å². The summed E-state index contributed by atoms with van der Waals surface area (Å²) >= 11 is 0. The van der Waals surface area contributed by atoms with E-state index in [-0.39, 0.29) is 18.0 Å². The van der Waals surface area contributed by atoms with Gasteiger partial charge in [-0.3, -0.25) is 10.1 Å². The molecule has 2 N–H and O–H groups in total. The Balaban J connectivity index is 1.56. The Morgan fingerprint density at radius 2 is 1.75 bits per heavy atom. The molecular weight excluding hydrogens is 354 g/mol. The van der Waals surface area contributed by atoms with Gasteiger partial charge in [-0.15, -0.1) is 0 Å². The van der Waals surface area contributed by atoms with Crippen molar-refractivity contribution >= 4 is 17.3 Å². The minimum Gasteiger partial charge on any atom is -0.496 e. The van der Waals surface area contributed by atoms with Gasteiger partial charge in [0.15, 0.2) is 0 Å². The molecule has 1 aliphatic rings. The smallest absolute Gasteiger partial charge is 0.241 e.